The molecule has 0 aromatic carbocycles. The summed E-state index contributed by atoms with van der Waals surface area (Å²) < 4.78 is 0. The normalized spacial score (nSPS) is 24.6. The summed E-state index contributed by atoms with van der Waals surface area (Å²) in [4.78, 5) is 30.0. The van der Waals surface area contributed by atoms with Crippen LogP contribution in [0.4, 0.5) is 0 Å². The number of aliphatic carboxylic acids is 2. The van der Waals surface area contributed by atoms with E-state index < -0.39 is 17.4 Å². The second kappa shape index (κ2) is 29.8. The van der Waals surface area contributed by atoms with Gasteiger partial charge in [0, 0.05) is 0 Å². The molecule has 0 bridgehead atoms. The Morgan fingerprint density at radius 2 is 0.491 bits per heavy atom. The van der Waals surface area contributed by atoms with Crippen LogP contribution in [-0.2, 0) is 9.59 Å². The Kier molecular flexibility index (Phi) is 25.3. The molecule has 4 fully saturated rings. The highest BCUT2D eigenvalue weighted by atomic mass is 16.4. The van der Waals surface area contributed by atoms with Crippen LogP contribution >= 0.6 is 0 Å². The topological polar surface area (TPSA) is 74.6 Å². The van der Waals surface area contributed by atoms with Gasteiger partial charge in [-0.3, -0.25) is 4.79 Å². The van der Waals surface area contributed by atoms with Gasteiger partial charge in [-0.15, -0.1) is 0 Å². The molecule has 0 atom stereocenters. The van der Waals surface area contributed by atoms with E-state index in [9.17, 15) is 15.0 Å². The molecule has 57 heavy (non-hydrogen) atoms. The van der Waals surface area contributed by atoms with Crippen molar-refractivity contribution in [3.63, 3.8) is 0 Å². The first-order valence-electron chi connectivity index (χ1n) is 26.3. The molecule has 2 N–H and O–H groups in total. The fraction of sp³-hybridized carbons (Fsp3) is 0.925. The first-order chi connectivity index (χ1) is 28.1. The minimum absolute atomic E-state index is 0.106. The summed E-state index contributed by atoms with van der Waals surface area (Å²) in [5.74, 6) is -1.42. The molecular weight excluding hydrogens is 701 g/mol. The van der Waals surface area contributed by atoms with Crippen molar-refractivity contribution in [3.05, 3.63) is 11.1 Å². The molecule has 4 aliphatic carbocycles. The first-order valence-corrected chi connectivity index (χ1v) is 26.3. The van der Waals surface area contributed by atoms with Crippen LogP contribution in [0.3, 0.4) is 0 Å². The number of allylic oxidation sites excluding steroid dienone is 1. The number of hydrogen-bond acceptors (Lipinski definition) is 2. The number of rotatable bonds is 7. The van der Waals surface area contributed by atoms with Gasteiger partial charge in [-0.05, 0) is 75.0 Å². The van der Waals surface area contributed by atoms with Crippen molar-refractivity contribution in [2.45, 2.75) is 283 Å². The zero-order valence-electron chi connectivity index (χ0n) is 37.6. The van der Waals surface area contributed by atoms with Crippen LogP contribution in [0.15, 0.2) is 11.1 Å². The Hall–Kier alpha value is -1.32. The summed E-state index contributed by atoms with van der Waals surface area (Å²) in [5, 5.41) is 24.5. The highest BCUT2D eigenvalue weighted by Gasteiger charge is 2.57. The van der Waals surface area contributed by atoms with Gasteiger partial charge in [-0.1, -0.05) is 237 Å². The van der Waals surface area contributed by atoms with Crippen molar-refractivity contribution in [3.8, 4) is 0 Å². The molecular formula is C53H94O4. The van der Waals surface area contributed by atoms with E-state index in [2.05, 4.69) is 0 Å². The smallest absolute Gasteiger partial charge is 0.332 e. The summed E-state index contributed by atoms with van der Waals surface area (Å²) in [7, 11) is 0. The Morgan fingerprint density at radius 1 is 0.298 bits per heavy atom. The second-order valence-electron chi connectivity index (χ2n) is 20.1. The van der Waals surface area contributed by atoms with E-state index in [0.717, 1.165) is 128 Å². The van der Waals surface area contributed by atoms with Crippen molar-refractivity contribution in [1.82, 2.24) is 0 Å². The van der Waals surface area contributed by atoms with Crippen LogP contribution in [0.2, 0.25) is 0 Å². The minimum Gasteiger partial charge on any atom is -0.481 e. The lowest BCUT2D eigenvalue weighted by Crippen LogP contribution is -2.50. The van der Waals surface area contributed by atoms with Gasteiger partial charge in [0.25, 0.3) is 0 Å². The zero-order valence-corrected chi connectivity index (χ0v) is 37.6. The Bertz CT molecular complexity index is 982. The Morgan fingerprint density at radius 3 is 0.684 bits per heavy atom. The standard InChI is InChI=1S/C53H94O4/c54-51(55)50(49(45-37-29-21-13-5-1-6-14-22-30-38-45)46-39-31-23-15-7-2-8-16-24-32-40-46)53(52(56)57,47-41-33-25-17-9-3-10-18-26-34-42-47)48-43-35-27-19-11-4-12-20-28-36-44-48/h45-48H,1-44H2,(H,54,55)(H,56,57). The van der Waals surface area contributed by atoms with Gasteiger partial charge in [0.1, 0.15) is 5.41 Å². The molecule has 0 radical (unpaired) electrons. The van der Waals surface area contributed by atoms with E-state index in [1.54, 1.807) is 0 Å². The maximum Gasteiger partial charge on any atom is 0.332 e. The van der Waals surface area contributed by atoms with Crippen molar-refractivity contribution in [1.29, 1.82) is 0 Å². The average Bonchev–Trinajstić information content (AvgIpc) is 3.17. The lowest BCUT2D eigenvalue weighted by molar-refractivity contribution is -0.159. The molecule has 0 amide bonds. The predicted molar refractivity (Wildman–Crippen MR) is 242 cm³/mol. The minimum atomic E-state index is -1.32. The third-order valence-electron chi connectivity index (χ3n) is 15.9. The van der Waals surface area contributed by atoms with E-state index in [1.807, 2.05) is 0 Å². The van der Waals surface area contributed by atoms with E-state index in [1.165, 1.54) is 160 Å². The van der Waals surface area contributed by atoms with E-state index in [0.29, 0.717) is 5.57 Å². The van der Waals surface area contributed by atoms with Crippen LogP contribution in [0, 0.1) is 29.1 Å². The second-order valence-corrected chi connectivity index (χ2v) is 20.1. The fourth-order valence-corrected chi connectivity index (χ4v) is 12.7. The molecule has 0 saturated heterocycles. The number of carboxylic acids is 2. The molecule has 4 rings (SSSR count). The van der Waals surface area contributed by atoms with Crippen LogP contribution < -0.4 is 0 Å². The third-order valence-corrected chi connectivity index (χ3v) is 15.9. The Balaban J connectivity index is 1.98. The van der Waals surface area contributed by atoms with Crippen LogP contribution in [0.5, 0.6) is 0 Å². The van der Waals surface area contributed by atoms with Gasteiger partial charge in [0.05, 0.1) is 5.57 Å². The molecule has 330 valence electrons. The van der Waals surface area contributed by atoms with Crippen LogP contribution in [0.1, 0.15) is 283 Å². The SMILES string of the molecule is O=C(O)C(=C(C1CCCCCCCCCCC1)C1CCCCCCCCCCC1)C(C(=O)O)(C1CCCCCCCCCCC1)C1CCCCCCCCCCC1. The van der Waals surface area contributed by atoms with E-state index >= 15 is 4.79 Å². The van der Waals surface area contributed by atoms with Gasteiger partial charge in [-0.25, -0.2) is 4.79 Å². The van der Waals surface area contributed by atoms with Crippen molar-refractivity contribution < 1.29 is 19.8 Å². The lowest BCUT2D eigenvalue weighted by Gasteiger charge is -2.47. The number of carbonyl (C=O) groups is 2. The molecule has 4 heteroatoms. The Labute approximate surface area is 353 Å². The molecule has 0 spiro atoms. The van der Waals surface area contributed by atoms with Crippen molar-refractivity contribution >= 4 is 11.9 Å². The average molecular weight is 795 g/mol. The highest BCUT2D eigenvalue weighted by molar-refractivity contribution is 5.98. The van der Waals surface area contributed by atoms with Gasteiger partial charge < -0.3 is 10.2 Å². The van der Waals surface area contributed by atoms with Crippen molar-refractivity contribution in [2.75, 3.05) is 0 Å². The quantitative estimate of drug-likeness (QED) is 0.252. The number of hydrogen-bond donors (Lipinski definition) is 2. The van der Waals surface area contributed by atoms with Crippen LogP contribution in [0.25, 0.3) is 0 Å². The number of carboxylic acid groups (broad SMARTS) is 2. The maximum atomic E-state index is 15.1. The van der Waals surface area contributed by atoms with Gasteiger partial charge in [0.15, 0.2) is 0 Å². The van der Waals surface area contributed by atoms with Crippen molar-refractivity contribution in [2.24, 2.45) is 29.1 Å². The zero-order chi connectivity index (χ0) is 40.2. The van der Waals surface area contributed by atoms with Gasteiger partial charge in [0.2, 0.25) is 0 Å². The molecule has 0 aromatic heterocycles. The summed E-state index contributed by atoms with van der Waals surface area (Å²) >= 11 is 0. The third kappa shape index (κ3) is 16.9. The molecule has 4 aliphatic rings. The van der Waals surface area contributed by atoms with E-state index in [-0.39, 0.29) is 23.7 Å². The van der Waals surface area contributed by atoms with Gasteiger partial charge in [-0.2, -0.15) is 0 Å². The monoisotopic (exact) mass is 795 g/mol. The largest absolute Gasteiger partial charge is 0.481 e. The summed E-state index contributed by atoms with van der Waals surface area (Å²) in [6, 6.07) is 0. The summed E-state index contributed by atoms with van der Waals surface area (Å²) in [6.45, 7) is 0. The molecule has 0 unspecified atom stereocenters. The molecule has 0 heterocycles. The van der Waals surface area contributed by atoms with Crippen LogP contribution in [-0.4, -0.2) is 22.2 Å². The van der Waals surface area contributed by atoms with Gasteiger partial charge >= 0.3 is 11.9 Å². The lowest BCUT2D eigenvalue weighted by atomic mass is 9.54. The maximum absolute atomic E-state index is 15.1. The fourth-order valence-electron chi connectivity index (χ4n) is 12.7. The first kappa shape index (κ1) is 48.3. The molecule has 4 nitrogen and oxygen atoms in total. The predicted octanol–water partition coefficient (Wildman–Crippen LogP) is 17.1. The molecule has 0 aromatic rings. The summed E-state index contributed by atoms with van der Waals surface area (Å²) in [6.07, 6.45) is 51.8. The molecule has 4 saturated carbocycles. The summed E-state index contributed by atoms with van der Waals surface area (Å²) in [5.41, 5.74) is 0.345. The van der Waals surface area contributed by atoms with E-state index in [4.69, 9.17) is 0 Å². The molecule has 0 aliphatic heterocycles. The highest BCUT2D eigenvalue weighted by Crippen LogP contribution is 2.55.